The second-order valence-electron chi connectivity index (χ2n) is 3.79. The van der Waals surface area contributed by atoms with Gasteiger partial charge in [0.15, 0.2) is 0 Å². The lowest BCUT2D eigenvalue weighted by Gasteiger charge is -2.10. The van der Waals surface area contributed by atoms with Crippen molar-refractivity contribution in [2.24, 2.45) is 0 Å². The fraction of sp³-hybridized carbons (Fsp3) is 0.385. The van der Waals surface area contributed by atoms with Gasteiger partial charge in [-0.15, -0.1) is 6.58 Å². The quantitative estimate of drug-likeness (QED) is 0.587. The minimum atomic E-state index is 0.367. The van der Waals surface area contributed by atoms with Crippen LogP contribution >= 0.6 is 0 Å². The Morgan fingerprint density at radius 1 is 1.47 bits per heavy atom. The van der Waals surface area contributed by atoms with E-state index >= 15 is 0 Å². The van der Waals surface area contributed by atoms with Crippen LogP contribution in [0.5, 0.6) is 5.75 Å². The van der Waals surface area contributed by atoms with Gasteiger partial charge in [0.05, 0.1) is 6.04 Å². The molecule has 1 unspecified atom stereocenters. The number of para-hydroxylation sites is 1. The number of unbranched alkanes of at least 4 members (excludes halogenated alkanes) is 1. The van der Waals surface area contributed by atoms with E-state index in [1.165, 1.54) is 5.56 Å². The van der Waals surface area contributed by atoms with Crippen molar-refractivity contribution in [1.29, 1.82) is 0 Å². The zero-order chi connectivity index (χ0) is 10.5. The van der Waals surface area contributed by atoms with Gasteiger partial charge in [0.2, 0.25) is 0 Å². The maximum Gasteiger partial charge on any atom is 0.124 e. The lowest BCUT2D eigenvalue weighted by atomic mass is 10.1. The molecule has 15 heavy (non-hydrogen) atoms. The van der Waals surface area contributed by atoms with Crippen molar-refractivity contribution in [2.75, 3.05) is 13.2 Å². The highest BCUT2D eigenvalue weighted by Crippen LogP contribution is 2.31. The van der Waals surface area contributed by atoms with Gasteiger partial charge in [0.25, 0.3) is 0 Å². The van der Waals surface area contributed by atoms with Crippen LogP contribution < -0.4 is 10.1 Å². The molecule has 1 heterocycles. The molecule has 1 atom stereocenters. The first-order valence-electron chi connectivity index (χ1n) is 5.48. The van der Waals surface area contributed by atoms with Gasteiger partial charge in [0.1, 0.15) is 12.4 Å². The van der Waals surface area contributed by atoms with Crippen molar-refractivity contribution < 1.29 is 4.74 Å². The predicted octanol–water partition coefficient (Wildman–Crippen LogP) is 2.68. The molecule has 1 aliphatic rings. The van der Waals surface area contributed by atoms with Crippen molar-refractivity contribution in [2.45, 2.75) is 18.9 Å². The van der Waals surface area contributed by atoms with Crippen LogP contribution in [0.4, 0.5) is 0 Å². The van der Waals surface area contributed by atoms with Crippen LogP contribution in [0.2, 0.25) is 0 Å². The van der Waals surface area contributed by atoms with Crippen LogP contribution in [-0.4, -0.2) is 13.2 Å². The first-order chi connectivity index (χ1) is 7.42. The van der Waals surface area contributed by atoms with Crippen LogP contribution in [0, 0.1) is 0 Å². The molecule has 1 aliphatic heterocycles. The summed E-state index contributed by atoms with van der Waals surface area (Å²) in [5.41, 5.74) is 1.29. The summed E-state index contributed by atoms with van der Waals surface area (Å²) in [6.45, 7) is 5.49. The molecule has 0 radical (unpaired) electrons. The molecule has 0 saturated heterocycles. The van der Waals surface area contributed by atoms with Gasteiger partial charge in [-0.1, -0.05) is 24.3 Å². The average Bonchev–Trinajstić information content (AvgIpc) is 2.68. The molecule has 1 aromatic carbocycles. The number of allylic oxidation sites excluding steroid dienone is 1. The number of ether oxygens (including phenoxy) is 1. The van der Waals surface area contributed by atoms with Crippen LogP contribution in [0.3, 0.4) is 0 Å². The van der Waals surface area contributed by atoms with Gasteiger partial charge < -0.3 is 10.1 Å². The van der Waals surface area contributed by atoms with E-state index in [4.69, 9.17) is 4.74 Å². The first-order valence-corrected chi connectivity index (χ1v) is 5.48. The maximum absolute atomic E-state index is 5.59. The number of hydrogen-bond donors (Lipinski definition) is 1. The Morgan fingerprint density at radius 2 is 2.33 bits per heavy atom. The second kappa shape index (κ2) is 4.99. The molecule has 0 spiro atoms. The van der Waals surface area contributed by atoms with Gasteiger partial charge >= 0.3 is 0 Å². The summed E-state index contributed by atoms with van der Waals surface area (Å²) in [5.74, 6) is 1.03. The Balaban J connectivity index is 1.88. The van der Waals surface area contributed by atoms with Crippen molar-refractivity contribution in [1.82, 2.24) is 5.32 Å². The summed E-state index contributed by atoms with van der Waals surface area (Å²) in [6, 6.07) is 8.60. The fourth-order valence-electron chi connectivity index (χ4n) is 1.85. The Hall–Kier alpha value is -1.28. The minimum Gasteiger partial charge on any atom is -0.491 e. The average molecular weight is 203 g/mol. The first kappa shape index (κ1) is 10.2. The molecule has 1 aromatic rings. The summed E-state index contributed by atoms with van der Waals surface area (Å²) < 4.78 is 5.59. The summed E-state index contributed by atoms with van der Waals surface area (Å²) in [5, 5.41) is 3.50. The van der Waals surface area contributed by atoms with E-state index in [-0.39, 0.29) is 0 Å². The monoisotopic (exact) mass is 203 g/mol. The highest BCUT2D eigenvalue weighted by molar-refractivity contribution is 5.39. The summed E-state index contributed by atoms with van der Waals surface area (Å²) >= 11 is 0. The van der Waals surface area contributed by atoms with Gasteiger partial charge in [-0.05, 0) is 25.5 Å². The number of hydrogen-bond acceptors (Lipinski definition) is 2. The molecule has 0 aliphatic carbocycles. The SMILES string of the molecule is C=CCCCNC1COc2ccccc21. The summed E-state index contributed by atoms with van der Waals surface area (Å²) in [6.07, 6.45) is 4.17. The molecule has 0 bridgehead atoms. The molecule has 1 N–H and O–H groups in total. The Labute approximate surface area is 91.0 Å². The van der Waals surface area contributed by atoms with Crippen LogP contribution in [0.15, 0.2) is 36.9 Å². The van der Waals surface area contributed by atoms with Crippen LogP contribution in [-0.2, 0) is 0 Å². The van der Waals surface area contributed by atoms with Gasteiger partial charge in [-0.25, -0.2) is 0 Å². The van der Waals surface area contributed by atoms with E-state index in [1.54, 1.807) is 0 Å². The molecule has 2 heteroatoms. The standard InChI is InChI=1S/C13H17NO/c1-2-3-6-9-14-12-10-15-13-8-5-4-7-11(12)13/h2,4-5,7-8,12,14H,1,3,6,9-10H2. The van der Waals surface area contributed by atoms with Gasteiger partial charge in [0, 0.05) is 5.56 Å². The topological polar surface area (TPSA) is 21.3 Å². The van der Waals surface area contributed by atoms with Gasteiger partial charge in [-0.3, -0.25) is 0 Å². The Morgan fingerprint density at radius 3 is 3.20 bits per heavy atom. The molecular formula is C13H17NO. The van der Waals surface area contributed by atoms with Crippen molar-refractivity contribution in [3.05, 3.63) is 42.5 Å². The van der Waals surface area contributed by atoms with Crippen LogP contribution in [0.25, 0.3) is 0 Å². The Bertz CT molecular complexity index is 335. The molecule has 2 rings (SSSR count). The normalized spacial score (nSPS) is 18.3. The van der Waals surface area contributed by atoms with Crippen LogP contribution in [0.1, 0.15) is 24.4 Å². The molecule has 0 amide bonds. The zero-order valence-corrected chi connectivity index (χ0v) is 8.91. The smallest absolute Gasteiger partial charge is 0.124 e. The minimum absolute atomic E-state index is 0.367. The molecular weight excluding hydrogens is 186 g/mol. The zero-order valence-electron chi connectivity index (χ0n) is 8.91. The highest BCUT2D eigenvalue weighted by Gasteiger charge is 2.22. The van der Waals surface area contributed by atoms with E-state index in [0.717, 1.165) is 31.7 Å². The van der Waals surface area contributed by atoms with Crippen molar-refractivity contribution >= 4 is 0 Å². The number of fused-ring (bicyclic) bond motifs is 1. The summed E-state index contributed by atoms with van der Waals surface area (Å²) in [4.78, 5) is 0. The second-order valence-corrected chi connectivity index (χ2v) is 3.79. The maximum atomic E-state index is 5.59. The van der Waals surface area contributed by atoms with Gasteiger partial charge in [-0.2, -0.15) is 0 Å². The van der Waals surface area contributed by atoms with E-state index in [9.17, 15) is 0 Å². The lowest BCUT2D eigenvalue weighted by Crippen LogP contribution is -2.23. The molecule has 2 nitrogen and oxygen atoms in total. The lowest BCUT2D eigenvalue weighted by molar-refractivity contribution is 0.311. The fourth-order valence-corrected chi connectivity index (χ4v) is 1.85. The number of benzene rings is 1. The largest absolute Gasteiger partial charge is 0.491 e. The molecule has 0 fully saturated rings. The van der Waals surface area contributed by atoms with Crippen molar-refractivity contribution in [3.8, 4) is 5.75 Å². The number of nitrogens with one attached hydrogen (secondary N) is 1. The third-order valence-corrected chi connectivity index (χ3v) is 2.68. The third kappa shape index (κ3) is 2.39. The van der Waals surface area contributed by atoms with E-state index in [0.29, 0.717) is 6.04 Å². The summed E-state index contributed by atoms with van der Waals surface area (Å²) in [7, 11) is 0. The molecule has 0 saturated carbocycles. The molecule has 0 aromatic heterocycles. The van der Waals surface area contributed by atoms with Crippen molar-refractivity contribution in [3.63, 3.8) is 0 Å². The number of rotatable bonds is 5. The van der Waals surface area contributed by atoms with E-state index in [2.05, 4.69) is 24.0 Å². The third-order valence-electron chi connectivity index (χ3n) is 2.68. The Kier molecular flexibility index (Phi) is 3.41. The van der Waals surface area contributed by atoms with E-state index in [1.807, 2.05) is 18.2 Å². The molecule has 80 valence electrons. The predicted molar refractivity (Wildman–Crippen MR) is 62.1 cm³/mol. The van der Waals surface area contributed by atoms with E-state index < -0.39 is 0 Å². The highest BCUT2D eigenvalue weighted by atomic mass is 16.5.